The van der Waals surface area contributed by atoms with E-state index in [2.05, 4.69) is 40.7 Å². The first-order chi connectivity index (χ1) is 7.32. The summed E-state index contributed by atoms with van der Waals surface area (Å²) in [6, 6.07) is 6.15. The summed E-state index contributed by atoms with van der Waals surface area (Å²) in [5.41, 5.74) is 8.59. The molecular weight excluding hydrogens is 198 g/mol. The standard InChI is InChI=1S/C14H23NO/c1-10-7-6-8-12(11(10)2)16-9-13(15)14(3,4)5/h6-8,13H,9,15H2,1-5H3. The molecule has 0 saturated carbocycles. The number of ether oxygens (including phenoxy) is 1. The van der Waals surface area contributed by atoms with E-state index in [0.29, 0.717) is 6.61 Å². The number of benzene rings is 1. The van der Waals surface area contributed by atoms with Gasteiger partial charge in [-0.3, -0.25) is 0 Å². The van der Waals surface area contributed by atoms with E-state index in [9.17, 15) is 0 Å². The Morgan fingerprint density at radius 3 is 2.44 bits per heavy atom. The predicted molar refractivity (Wildman–Crippen MR) is 68.8 cm³/mol. The lowest BCUT2D eigenvalue weighted by Gasteiger charge is -2.27. The first kappa shape index (κ1) is 13.0. The van der Waals surface area contributed by atoms with Crippen molar-refractivity contribution in [2.75, 3.05) is 6.61 Å². The van der Waals surface area contributed by atoms with Crippen molar-refractivity contribution >= 4 is 0 Å². The van der Waals surface area contributed by atoms with Gasteiger partial charge in [0.15, 0.2) is 0 Å². The Morgan fingerprint density at radius 2 is 1.88 bits per heavy atom. The number of aryl methyl sites for hydroxylation is 1. The summed E-state index contributed by atoms with van der Waals surface area (Å²) in [7, 11) is 0. The largest absolute Gasteiger partial charge is 0.492 e. The molecule has 1 unspecified atom stereocenters. The van der Waals surface area contributed by atoms with Crippen molar-refractivity contribution in [3.8, 4) is 5.75 Å². The SMILES string of the molecule is Cc1cccc(OCC(N)C(C)(C)C)c1C. The third kappa shape index (κ3) is 3.24. The Hall–Kier alpha value is -1.02. The van der Waals surface area contributed by atoms with Gasteiger partial charge in [-0.1, -0.05) is 32.9 Å². The lowest BCUT2D eigenvalue weighted by atomic mass is 9.88. The summed E-state index contributed by atoms with van der Waals surface area (Å²) < 4.78 is 5.78. The minimum Gasteiger partial charge on any atom is -0.492 e. The van der Waals surface area contributed by atoms with E-state index >= 15 is 0 Å². The first-order valence-corrected chi connectivity index (χ1v) is 5.77. The van der Waals surface area contributed by atoms with Gasteiger partial charge in [0, 0.05) is 6.04 Å². The molecule has 0 spiro atoms. The van der Waals surface area contributed by atoms with Gasteiger partial charge in [0.05, 0.1) is 0 Å². The second kappa shape index (κ2) is 4.88. The van der Waals surface area contributed by atoms with E-state index in [-0.39, 0.29) is 11.5 Å². The van der Waals surface area contributed by atoms with Crippen LogP contribution in [0.5, 0.6) is 5.75 Å². The smallest absolute Gasteiger partial charge is 0.122 e. The van der Waals surface area contributed by atoms with Crippen LogP contribution in [-0.2, 0) is 0 Å². The molecule has 0 saturated heterocycles. The highest BCUT2D eigenvalue weighted by atomic mass is 16.5. The fraction of sp³-hybridized carbons (Fsp3) is 0.571. The highest BCUT2D eigenvalue weighted by Gasteiger charge is 2.21. The number of hydrogen-bond acceptors (Lipinski definition) is 2. The van der Waals surface area contributed by atoms with Crippen LogP contribution in [0, 0.1) is 19.3 Å². The summed E-state index contributed by atoms with van der Waals surface area (Å²) >= 11 is 0. The average molecular weight is 221 g/mol. The molecule has 2 N–H and O–H groups in total. The van der Waals surface area contributed by atoms with E-state index in [1.54, 1.807) is 0 Å². The molecule has 1 atom stereocenters. The van der Waals surface area contributed by atoms with Gasteiger partial charge < -0.3 is 10.5 Å². The average Bonchev–Trinajstić information content (AvgIpc) is 2.18. The van der Waals surface area contributed by atoms with Crippen molar-refractivity contribution in [1.82, 2.24) is 0 Å². The van der Waals surface area contributed by atoms with Gasteiger partial charge in [0.2, 0.25) is 0 Å². The van der Waals surface area contributed by atoms with Gasteiger partial charge in [-0.2, -0.15) is 0 Å². The molecule has 2 nitrogen and oxygen atoms in total. The summed E-state index contributed by atoms with van der Waals surface area (Å²) in [6.45, 7) is 11.1. The summed E-state index contributed by atoms with van der Waals surface area (Å²) in [5.74, 6) is 0.944. The molecule has 1 rings (SSSR count). The van der Waals surface area contributed by atoms with Crippen LogP contribution in [0.25, 0.3) is 0 Å². The molecule has 0 aromatic heterocycles. The molecule has 0 amide bonds. The summed E-state index contributed by atoms with van der Waals surface area (Å²) in [6.07, 6.45) is 0. The minimum atomic E-state index is 0.0485. The number of nitrogens with two attached hydrogens (primary N) is 1. The van der Waals surface area contributed by atoms with Gasteiger partial charge >= 0.3 is 0 Å². The Kier molecular flexibility index (Phi) is 3.98. The minimum absolute atomic E-state index is 0.0485. The maximum Gasteiger partial charge on any atom is 0.122 e. The van der Waals surface area contributed by atoms with E-state index in [4.69, 9.17) is 10.5 Å². The molecule has 0 radical (unpaired) electrons. The molecule has 0 heterocycles. The molecular formula is C14H23NO. The van der Waals surface area contributed by atoms with Crippen LogP contribution in [0.4, 0.5) is 0 Å². The van der Waals surface area contributed by atoms with Crippen LogP contribution in [0.15, 0.2) is 18.2 Å². The van der Waals surface area contributed by atoms with Gasteiger partial charge in [0.25, 0.3) is 0 Å². The molecule has 0 aliphatic carbocycles. The highest BCUT2D eigenvalue weighted by Crippen LogP contribution is 2.23. The van der Waals surface area contributed by atoms with Gasteiger partial charge in [-0.05, 0) is 36.5 Å². The fourth-order valence-corrected chi connectivity index (χ4v) is 1.31. The Balaban J connectivity index is 2.65. The highest BCUT2D eigenvalue weighted by molar-refractivity contribution is 5.38. The van der Waals surface area contributed by atoms with Crippen LogP contribution in [0.1, 0.15) is 31.9 Å². The Morgan fingerprint density at radius 1 is 1.25 bits per heavy atom. The summed E-state index contributed by atoms with van der Waals surface area (Å²) in [4.78, 5) is 0. The maximum atomic E-state index is 6.06. The van der Waals surface area contributed by atoms with Gasteiger partial charge in [0.1, 0.15) is 12.4 Å². The zero-order chi connectivity index (χ0) is 12.3. The molecule has 16 heavy (non-hydrogen) atoms. The quantitative estimate of drug-likeness (QED) is 0.851. The maximum absolute atomic E-state index is 6.06. The molecule has 0 aliphatic rings. The van der Waals surface area contributed by atoms with Gasteiger partial charge in [-0.25, -0.2) is 0 Å². The molecule has 2 heteroatoms. The van der Waals surface area contributed by atoms with Crippen molar-refractivity contribution in [1.29, 1.82) is 0 Å². The Labute approximate surface area is 98.8 Å². The fourth-order valence-electron chi connectivity index (χ4n) is 1.31. The molecule has 0 bridgehead atoms. The van der Waals surface area contributed by atoms with E-state index < -0.39 is 0 Å². The molecule has 0 aliphatic heterocycles. The monoisotopic (exact) mass is 221 g/mol. The Bertz CT molecular complexity index is 352. The predicted octanol–water partition coefficient (Wildman–Crippen LogP) is 3.06. The third-order valence-electron chi connectivity index (χ3n) is 3.09. The van der Waals surface area contributed by atoms with Crippen molar-refractivity contribution in [3.05, 3.63) is 29.3 Å². The van der Waals surface area contributed by atoms with Crippen LogP contribution >= 0.6 is 0 Å². The number of rotatable bonds is 3. The molecule has 1 aromatic rings. The van der Waals surface area contributed by atoms with E-state index in [1.807, 2.05) is 12.1 Å². The van der Waals surface area contributed by atoms with Gasteiger partial charge in [-0.15, -0.1) is 0 Å². The van der Waals surface area contributed by atoms with Crippen molar-refractivity contribution < 1.29 is 4.74 Å². The topological polar surface area (TPSA) is 35.2 Å². The zero-order valence-corrected chi connectivity index (χ0v) is 11.0. The first-order valence-electron chi connectivity index (χ1n) is 5.77. The third-order valence-corrected chi connectivity index (χ3v) is 3.09. The van der Waals surface area contributed by atoms with Crippen LogP contribution in [0.3, 0.4) is 0 Å². The van der Waals surface area contributed by atoms with Crippen molar-refractivity contribution in [3.63, 3.8) is 0 Å². The van der Waals surface area contributed by atoms with Crippen molar-refractivity contribution in [2.24, 2.45) is 11.1 Å². The van der Waals surface area contributed by atoms with Crippen LogP contribution in [-0.4, -0.2) is 12.6 Å². The second-order valence-electron chi connectivity index (χ2n) is 5.48. The van der Waals surface area contributed by atoms with Crippen LogP contribution in [0.2, 0.25) is 0 Å². The molecule has 1 aromatic carbocycles. The van der Waals surface area contributed by atoms with Crippen molar-refractivity contribution in [2.45, 2.75) is 40.7 Å². The number of hydrogen-bond donors (Lipinski definition) is 1. The lowest BCUT2D eigenvalue weighted by Crippen LogP contribution is -2.40. The zero-order valence-electron chi connectivity index (χ0n) is 11.0. The normalized spacial score (nSPS) is 13.6. The van der Waals surface area contributed by atoms with Crippen LogP contribution < -0.4 is 10.5 Å². The lowest BCUT2D eigenvalue weighted by molar-refractivity contribution is 0.204. The summed E-state index contributed by atoms with van der Waals surface area (Å²) in [5, 5.41) is 0. The molecule has 90 valence electrons. The second-order valence-corrected chi connectivity index (χ2v) is 5.48. The van der Waals surface area contributed by atoms with E-state index in [0.717, 1.165) is 5.75 Å². The molecule has 0 fully saturated rings. The van der Waals surface area contributed by atoms with E-state index in [1.165, 1.54) is 11.1 Å².